The quantitative estimate of drug-likeness (QED) is 0.156. The Morgan fingerprint density at radius 3 is 1.53 bits per heavy atom. The lowest BCUT2D eigenvalue weighted by Gasteiger charge is -2.43. The van der Waals surface area contributed by atoms with Gasteiger partial charge in [0.05, 0.1) is 11.1 Å². The second-order valence-corrected chi connectivity index (χ2v) is 20.2. The Morgan fingerprint density at radius 2 is 0.848 bits per heavy atom. The van der Waals surface area contributed by atoms with E-state index in [1.54, 1.807) is 0 Å². The molecule has 10 aromatic carbocycles. The van der Waals surface area contributed by atoms with E-state index in [2.05, 4.69) is 245 Å². The maximum atomic E-state index is 2.60. The third-order valence-electron chi connectivity index (χ3n) is 15.7. The average molecular weight is 846 g/mol. The number of hydrogen-bond acceptors (Lipinski definition) is 1. The smallest absolute Gasteiger partial charge is 0.0726 e. The van der Waals surface area contributed by atoms with E-state index in [4.69, 9.17) is 0 Å². The minimum Gasteiger partial charge on any atom is -0.310 e. The van der Waals surface area contributed by atoms with Crippen LogP contribution in [0.25, 0.3) is 66.1 Å². The van der Waals surface area contributed by atoms with E-state index in [-0.39, 0.29) is 10.8 Å². The summed E-state index contributed by atoms with van der Waals surface area (Å²) in [5.74, 6) is 0. The van der Waals surface area contributed by atoms with Gasteiger partial charge >= 0.3 is 0 Å². The van der Waals surface area contributed by atoms with E-state index in [0.717, 1.165) is 24.2 Å². The van der Waals surface area contributed by atoms with Gasteiger partial charge in [-0.2, -0.15) is 0 Å². The number of anilines is 3. The van der Waals surface area contributed by atoms with E-state index in [0.29, 0.717) is 0 Å². The summed E-state index contributed by atoms with van der Waals surface area (Å²) in [6.07, 6.45) is 2.30. The zero-order chi connectivity index (χ0) is 44.4. The van der Waals surface area contributed by atoms with E-state index >= 15 is 0 Å². The van der Waals surface area contributed by atoms with Crippen LogP contribution in [0.3, 0.4) is 0 Å². The molecule has 0 aromatic heterocycles. The van der Waals surface area contributed by atoms with Crippen molar-refractivity contribution >= 4 is 38.6 Å². The third-order valence-corrected chi connectivity index (χ3v) is 15.7. The highest BCUT2D eigenvalue weighted by Gasteiger charge is 2.52. The molecule has 3 aliphatic carbocycles. The molecule has 0 atom stereocenters. The summed E-state index contributed by atoms with van der Waals surface area (Å²) in [6.45, 7) is 9.83. The molecule has 0 aliphatic heterocycles. The van der Waals surface area contributed by atoms with Crippen molar-refractivity contribution in [3.05, 3.63) is 246 Å². The summed E-state index contributed by atoms with van der Waals surface area (Å²) < 4.78 is 0. The number of para-hydroxylation sites is 1. The molecule has 0 bridgehead atoms. The summed E-state index contributed by atoms with van der Waals surface area (Å²) in [6, 6.07) is 80.3. The summed E-state index contributed by atoms with van der Waals surface area (Å²) in [4.78, 5) is 2.54. The fourth-order valence-corrected chi connectivity index (χ4v) is 12.6. The topological polar surface area (TPSA) is 3.24 Å². The maximum absolute atomic E-state index is 2.60. The van der Waals surface area contributed by atoms with Gasteiger partial charge in [0.1, 0.15) is 0 Å². The fourth-order valence-electron chi connectivity index (χ4n) is 12.6. The first-order chi connectivity index (χ1) is 32.2. The monoisotopic (exact) mass is 845 g/mol. The Hall–Kier alpha value is -7.48. The third kappa shape index (κ3) is 5.47. The van der Waals surface area contributed by atoms with E-state index in [1.807, 2.05) is 0 Å². The van der Waals surface area contributed by atoms with Crippen LogP contribution >= 0.6 is 0 Å². The normalized spacial score (nSPS) is 15.5. The minimum absolute atomic E-state index is 0.0119. The highest BCUT2D eigenvalue weighted by Crippen LogP contribution is 2.64. The molecule has 13 rings (SSSR count). The van der Waals surface area contributed by atoms with E-state index in [9.17, 15) is 0 Å². The first-order valence-corrected chi connectivity index (χ1v) is 23.7. The molecule has 0 fully saturated rings. The fraction of sp³-hybridized carbons (Fsp3) is 0.138. The largest absolute Gasteiger partial charge is 0.310 e. The van der Waals surface area contributed by atoms with E-state index in [1.165, 1.54) is 105 Å². The molecular weight excluding hydrogens is 795 g/mol. The van der Waals surface area contributed by atoms with Crippen molar-refractivity contribution in [2.45, 2.75) is 56.8 Å². The van der Waals surface area contributed by atoms with Crippen molar-refractivity contribution in [2.24, 2.45) is 0 Å². The van der Waals surface area contributed by atoms with Gasteiger partial charge in [0.15, 0.2) is 0 Å². The molecule has 10 aromatic rings. The van der Waals surface area contributed by atoms with Crippen LogP contribution in [0.1, 0.15) is 73.9 Å². The minimum atomic E-state index is -0.479. The standard InChI is InChI=1S/C65H51N/c1-63(2)37-38-64(3,4)62-52(28-18-32-59(62)63)55-40-54-51-27-14-17-31-58(51)65(56-29-15-12-25-49(56)50-26-13-16-30-57(50)65)60(54)41-61(55)66(44-20-6-5-7-21-44)45-35-33-42(34-36-45)53-39-43-19-8-9-22-46(43)47-23-10-11-24-48(47)53/h5-36,39-41H,37-38H2,1-4H3. The number of benzene rings is 10. The first-order valence-electron chi connectivity index (χ1n) is 23.7. The Bertz CT molecular complexity index is 3540. The van der Waals surface area contributed by atoms with Gasteiger partial charge in [-0.3, -0.25) is 0 Å². The molecule has 1 heteroatoms. The molecule has 0 unspecified atom stereocenters. The van der Waals surface area contributed by atoms with Gasteiger partial charge < -0.3 is 4.90 Å². The van der Waals surface area contributed by atoms with Crippen LogP contribution in [-0.2, 0) is 16.2 Å². The summed E-state index contributed by atoms with van der Waals surface area (Å²) >= 11 is 0. The van der Waals surface area contributed by atoms with Gasteiger partial charge in [0.25, 0.3) is 0 Å². The molecule has 66 heavy (non-hydrogen) atoms. The number of hydrogen-bond donors (Lipinski definition) is 0. The predicted octanol–water partition coefficient (Wildman–Crippen LogP) is 17.5. The molecule has 1 spiro atoms. The molecule has 0 radical (unpaired) electrons. The first kappa shape index (κ1) is 38.9. The lowest BCUT2D eigenvalue weighted by Crippen LogP contribution is -2.34. The van der Waals surface area contributed by atoms with E-state index < -0.39 is 5.41 Å². The lowest BCUT2D eigenvalue weighted by atomic mass is 9.61. The van der Waals surface area contributed by atoms with Crippen LogP contribution in [0.15, 0.2) is 212 Å². The average Bonchev–Trinajstić information content (AvgIpc) is 3.82. The Labute approximate surface area is 388 Å². The van der Waals surface area contributed by atoms with Gasteiger partial charge in [-0.05, 0) is 160 Å². The molecule has 316 valence electrons. The van der Waals surface area contributed by atoms with Crippen LogP contribution < -0.4 is 4.90 Å². The zero-order valence-corrected chi connectivity index (χ0v) is 38.1. The van der Waals surface area contributed by atoms with Crippen molar-refractivity contribution < 1.29 is 0 Å². The van der Waals surface area contributed by atoms with Crippen molar-refractivity contribution in [1.82, 2.24) is 0 Å². The molecule has 0 N–H and O–H groups in total. The Morgan fingerprint density at radius 1 is 0.333 bits per heavy atom. The predicted molar refractivity (Wildman–Crippen MR) is 279 cm³/mol. The van der Waals surface area contributed by atoms with Crippen molar-refractivity contribution in [3.8, 4) is 44.5 Å². The molecule has 0 saturated carbocycles. The van der Waals surface area contributed by atoms with Gasteiger partial charge in [-0.25, -0.2) is 0 Å². The Balaban J connectivity index is 1.12. The van der Waals surface area contributed by atoms with Gasteiger partial charge in [-0.15, -0.1) is 0 Å². The van der Waals surface area contributed by atoms with Crippen molar-refractivity contribution in [2.75, 3.05) is 4.90 Å². The maximum Gasteiger partial charge on any atom is 0.0726 e. The highest BCUT2D eigenvalue weighted by atomic mass is 15.1. The highest BCUT2D eigenvalue weighted by molar-refractivity contribution is 6.14. The number of nitrogens with zero attached hydrogens (tertiary/aromatic N) is 1. The molecule has 0 amide bonds. The molecule has 0 saturated heterocycles. The molecule has 3 aliphatic rings. The zero-order valence-electron chi connectivity index (χ0n) is 38.1. The number of rotatable bonds is 5. The van der Waals surface area contributed by atoms with Gasteiger partial charge in [-0.1, -0.05) is 198 Å². The van der Waals surface area contributed by atoms with Gasteiger partial charge in [0.2, 0.25) is 0 Å². The van der Waals surface area contributed by atoms with Crippen LogP contribution in [0.2, 0.25) is 0 Å². The van der Waals surface area contributed by atoms with Crippen molar-refractivity contribution in [3.63, 3.8) is 0 Å². The van der Waals surface area contributed by atoms with Crippen LogP contribution in [0.5, 0.6) is 0 Å². The van der Waals surface area contributed by atoms with Gasteiger partial charge in [0, 0.05) is 16.9 Å². The molecule has 1 nitrogen and oxygen atoms in total. The molecular formula is C65H51N. The number of fused-ring (bicyclic) bond motifs is 14. The lowest BCUT2D eigenvalue weighted by molar-refractivity contribution is 0.333. The second-order valence-electron chi connectivity index (χ2n) is 20.2. The summed E-state index contributed by atoms with van der Waals surface area (Å²) in [5.41, 5.74) is 21.7. The summed E-state index contributed by atoms with van der Waals surface area (Å²) in [7, 11) is 0. The second kappa shape index (κ2) is 14.3. The SMILES string of the molecule is CC1(C)CCC(C)(C)c2c(-c3cc4c(cc3N(c3ccccc3)c3ccc(-c5cc6ccccc6c6ccccc56)cc3)C3(c5ccccc5-c5ccccc53)c3ccccc3-4)cccc21. The summed E-state index contributed by atoms with van der Waals surface area (Å²) in [5, 5.41) is 5.10. The molecule has 0 heterocycles. The van der Waals surface area contributed by atoms with Crippen LogP contribution in [0, 0.1) is 0 Å². The Kier molecular flexibility index (Phi) is 8.41. The van der Waals surface area contributed by atoms with Crippen molar-refractivity contribution in [1.29, 1.82) is 0 Å². The van der Waals surface area contributed by atoms with Crippen LogP contribution in [0.4, 0.5) is 17.1 Å². The van der Waals surface area contributed by atoms with Crippen LogP contribution in [-0.4, -0.2) is 0 Å².